The molecule has 0 amide bonds. The number of rotatable bonds is 2. The Bertz CT molecular complexity index is 432. The van der Waals surface area contributed by atoms with Crippen molar-refractivity contribution >= 4 is 5.97 Å². The number of ether oxygens (including phenoxy) is 1. The average molecular weight is 218 g/mol. The summed E-state index contributed by atoms with van der Waals surface area (Å²) in [5.41, 5.74) is 0.479. The highest BCUT2D eigenvalue weighted by Crippen LogP contribution is 2.24. The highest BCUT2D eigenvalue weighted by molar-refractivity contribution is 5.86. The van der Waals surface area contributed by atoms with E-state index in [0.29, 0.717) is 0 Å². The summed E-state index contributed by atoms with van der Waals surface area (Å²) < 4.78 is 5.05. The fraction of sp³-hybridized carbons (Fsp3) is 0.308. The average Bonchev–Trinajstić information content (AvgIpc) is 2.27. The fourth-order valence-corrected chi connectivity index (χ4v) is 1.29. The highest BCUT2D eigenvalue weighted by atomic mass is 16.5. The van der Waals surface area contributed by atoms with Crippen LogP contribution in [0.25, 0.3) is 0 Å². The van der Waals surface area contributed by atoms with Crippen molar-refractivity contribution in [3.63, 3.8) is 0 Å². The molecule has 84 valence electrons. The predicted molar refractivity (Wildman–Crippen MR) is 61.4 cm³/mol. The van der Waals surface area contributed by atoms with Crippen molar-refractivity contribution in [1.82, 2.24) is 0 Å². The lowest BCUT2D eigenvalue weighted by atomic mass is 9.85. The van der Waals surface area contributed by atoms with Crippen molar-refractivity contribution in [2.45, 2.75) is 19.3 Å². The van der Waals surface area contributed by atoms with Gasteiger partial charge in [-0.3, -0.25) is 0 Å². The predicted octanol–water partition coefficient (Wildman–Crippen LogP) is 2.06. The standard InChI is InChI=1S/C13H14O3/c1-13(2,9-8-12(14)15)10-4-6-11(16-3)7-5-10/h4-7H,1-3H3,(H,14,15). The molecule has 0 aliphatic heterocycles. The topological polar surface area (TPSA) is 46.5 Å². The molecule has 3 nitrogen and oxygen atoms in total. The van der Waals surface area contributed by atoms with E-state index < -0.39 is 11.4 Å². The van der Waals surface area contributed by atoms with Crippen LogP contribution in [0.4, 0.5) is 0 Å². The van der Waals surface area contributed by atoms with Crippen LogP contribution >= 0.6 is 0 Å². The van der Waals surface area contributed by atoms with Crippen LogP contribution in [0, 0.1) is 11.8 Å². The van der Waals surface area contributed by atoms with Gasteiger partial charge in [0.05, 0.1) is 12.5 Å². The Morgan fingerprint density at radius 2 is 1.88 bits per heavy atom. The molecule has 1 aromatic rings. The third-order valence-corrected chi connectivity index (χ3v) is 2.29. The number of carboxylic acids is 1. The van der Waals surface area contributed by atoms with E-state index in [1.807, 2.05) is 38.1 Å². The van der Waals surface area contributed by atoms with E-state index in [-0.39, 0.29) is 0 Å². The van der Waals surface area contributed by atoms with Gasteiger partial charge in [-0.15, -0.1) is 0 Å². The van der Waals surface area contributed by atoms with Crippen LogP contribution < -0.4 is 4.74 Å². The molecule has 0 aliphatic carbocycles. The molecule has 16 heavy (non-hydrogen) atoms. The van der Waals surface area contributed by atoms with Gasteiger partial charge in [-0.25, -0.2) is 4.79 Å². The first-order valence-electron chi connectivity index (χ1n) is 4.86. The maximum absolute atomic E-state index is 10.4. The molecule has 1 aromatic carbocycles. The minimum atomic E-state index is -1.11. The molecule has 0 bridgehead atoms. The van der Waals surface area contributed by atoms with E-state index in [1.54, 1.807) is 7.11 Å². The van der Waals surface area contributed by atoms with Gasteiger partial charge in [0, 0.05) is 5.92 Å². The molecule has 0 unspecified atom stereocenters. The second-order valence-electron chi connectivity index (χ2n) is 3.91. The highest BCUT2D eigenvalue weighted by Gasteiger charge is 2.17. The summed E-state index contributed by atoms with van der Waals surface area (Å²) in [5, 5.41) is 8.51. The third kappa shape index (κ3) is 3.03. The van der Waals surface area contributed by atoms with Gasteiger partial charge in [0.1, 0.15) is 5.75 Å². The Labute approximate surface area is 95.1 Å². The Balaban J connectivity index is 2.99. The van der Waals surface area contributed by atoms with Gasteiger partial charge in [0.25, 0.3) is 0 Å². The third-order valence-electron chi connectivity index (χ3n) is 2.29. The smallest absolute Gasteiger partial charge is 0.381 e. The SMILES string of the molecule is COc1ccc(C(C)(C)C#CC(=O)O)cc1. The lowest BCUT2D eigenvalue weighted by Gasteiger charge is -2.18. The second kappa shape index (κ2) is 4.71. The molecule has 1 rings (SSSR count). The molecule has 0 aromatic heterocycles. The number of carboxylic acid groups (broad SMARTS) is 1. The second-order valence-corrected chi connectivity index (χ2v) is 3.91. The summed E-state index contributed by atoms with van der Waals surface area (Å²) in [7, 11) is 1.60. The number of carbonyl (C=O) groups is 1. The number of hydrogen-bond donors (Lipinski definition) is 1. The molecule has 0 radical (unpaired) electrons. The number of hydrogen-bond acceptors (Lipinski definition) is 2. The van der Waals surface area contributed by atoms with E-state index in [1.165, 1.54) is 0 Å². The quantitative estimate of drug-likeness (QED) is 0.773. The first kappa shape index (κ1) is 12.1. The molecule has 0 heterocycles. The Morgan fingerprint density at radius 3 is 2.31 bits per heavy atom. The van der Waals surface area contributed by atoms with Crippen LogP contribution in [0.15, 0.2) is 24.3 Å². The molecule has 0 fully saturated rings. The molecule has 0 spiro atoms. The Hall–Kier alpha value is -1.95. The van der Waals surface area contributed by atoms with Gasteiger partial charge >= 0.3 is 5.97 Å². The van der Waals surface area contributed by atoms with Crippen molar-refractivity contribution in [2.24, 2.45) is 0 Å². The normalized spacial score (nSPS) is 10.2. The van der Waals surface area contributed by atoms with E-state index in [2.05, 4.69) is 11.8 Å². The van der Waals surface area contributed by atoms with E-state index in [4.69, 9.17) is 9.84 Å². The van der Waals surface area contributed by atoms with E-state index >= 15 is 0 Å². The molecular weight excluding hydrogens is 204 g/mol. The van der Waals surface area contributed by atoms with Crippen LogP contribution in [-0.2, 0) is 10.2 Å². The van der Waals surface area contributed by atoms with Gasteiger partial charge < -0.3 is 9.84 Å². The first-order valence-corrected chi connectivity index (χ1v) is 4.86. The van der Waals surface area contributed by atoms with Crippen molar-refractivity contribution in [1.29, 1.82) is 0 Å². The Morgan fingerprint density at radius 1 is 1.31 bits per heavy atom. The van der Waals surface area contributed by atoms with Crippen LogP contribution in [0.3, 0.4) is 0 Å². The molecular formula is C13H14O3. The monoisotopic (exact) mass is 218 g/mol. The zero-order valence-corrected chi connectivity index (χ0v) is 9.57. The van der Waals surface area contributed by atoms with Crippen molar-refractivity contribution in [3.8, 4) is 17.6 Å². The minimum Gasteiger partial charge on any atom is -0.497 e. The summed E-state index contributed by atoms with van der Waals surface area (Å²) in [6, 6.07) is 7.43. The maximum atomic E-state index is 10.4. The summed E-state index contributed by atoms with van der Waals surface area (Å²) in [6.45, 7) is 3.76. The van der Waals surface area contributed by atoms with E-state index in [0.717, 1.165) is 11.3 Å². The van der Waals surface area contributed by atoms with Crippen LogP contribution in [0.1, 0.15) is 19.4 Å². The number of aliphatic carboxylic acids is 1. The summed E-state index contributed by atoms with van der Waals surface area (Å²) in [5.74, 6) is 4.53. The van der Waals surface area contributed by atoms with E-state index in [9.17, 15) is 4.79 Å². The first-order chi connectivity index (χ1) is 7.45. The number of methoxy groups -OCH3 is 1. The van der Waals surface area contributed by atoms with Crippen molar-refractivity contribution in [3.05, 3.63) is 29.8 Å². The van der Waals surface area contributed by atoms with Crippen LogP contribution in [0.2, 0.25) is 0 Å². The molecule has 0 saturated heterocycles. The maximum Gasteiger partial charge on any atom is 0.381 e. The van der Waals surface area contributed by atoms with Gasteiger partial charge in [0.2, 0.25) is 0 Å². The van der Waals surface area contributed by atoms with Crippen molar-refractivity contribution in [2.75, 3.05) is 7.11 Å². The summed E-state index contributed by atoms with van der Waals surface area (Å²) in [4.78, 5) is 10.4. The zero-order valence-electron chi connectivity index (χ0n) is 9.57. The summed E-state index contributed by atoms with van der Waals surface area (Å²) >= 11 is 0. The molecule has 0 atom stereocenters. The van der Waals surface area contributed by atoms with Crippen LogP contribution in [0.5, 0.6) is 5.75 Å². The van der Waals surface area contributed by atoms with Crippen molar-refractivity contribution < 1.29 is 14.6 Å². The van der Waals surface area contributed by atoms with Gasteiger partial charge in [-0.1, -0.05) is 18.1 Å². The fourth-order valence-electron chi connectivity index (χ4n) is 1.29. The summed E-state index contributed by atoms with van der Waals surface area (Å²) in [6.07, 6.45) is 0. The Kier molecular flexibility index (Phi) is 3.57. The molecule has 3 heteroatoms. The molecule has 1 N–H and O–H groups in total. The molecule has 0 saturated carbocycles. The van der Waals surface area contributed by atoms with Gasteiger partial charge in [0.15, 0.2) is 0 Å². The number of benzene rings is 1. The lowest BCUT2D eigenvalue weighted by molar-refractivity contribution is -0.130. The van der Waals surface area contributed by atoms with Crippen LogP contribution in [-0.4, -0.2) is 18.2 Å². The largest absolute Gasteiger partial charge is 0.497 e. The molecule has 0 aliphatic rings. The van der Waals surface area contributed by atoms with Gasteiger partial charge in [-0.05, 0) is 31.5 Å². The minimum absolute atomic E-state index is 0.481. The zero-order chi connectivity index (χ0) is 12.2. The lowest BCUT2D eigenvalue weighted by Crippen LogP contribution is -2.14. The van der Waals surface area contributed by atoms with Gasteiger partial charge in [-0.2, -0.15) is 0 Å².